The smallest absolute Gasteiger partial charge is 0.140 e. The first-order chi connectivity index (χ1) is 12.8. The third-order valence-electron chi connectivity index (χ3n) is 4.58. The molecule has 1 fully saturated rings. The van der Waals surface area contributed by atoms with Gasteiger partial charge in [0.05, 0.1) is 11.7 Å². The van der Waals surface area contributed by atoms with Crippen LogP contribution in [0.2, 0.25) is 0 Å². The molecule has 8 heteroatoms. The second-order valence-corrected chi connectivity index (χ2v) is 7.36. The summed E-state index contributed by atoms with van der Waals surface area (Å²) in [5, 5.41) is 6.62. The fraction of sp³-hybridized carbons (Fsp3) is 0.368. The number of para-hydroxylation sites is 1. The molecule has 1 N–H and O–H groups in total. The van der Waals surface area contributed by atoms with Crippen LogP contribution >= 0.6 is 23.7 Å². The van der Waals surface area contributed by atoms with E-state index in [0.717, 1.165) is 48.5 Å². The van der Waals surface area contributed by atoms with E-state index in [1.54, 1.807) is 11.3 Å². The number of aryl methyl sites for hydroxylation is 1. The van der Waals surface area contributed by atoms with Gasteiger partial charge in [0.1, 0.15) is 23.2 Å². The topological polar surface area (TPSA) is 55.2 Å². The van der Waals surface area contributed by atoms with Crippen LogP contribution in [-0.4, -0.2) is 39.1 Å². The number of rotatable bonds is 6. The molecule has 1 unspecified atom stereocenters. The molecule has 27 heavy (non-hydrogen) atoms. The fourth-order valence-corrected chi connectivity index (χ4v) is 3.94. The van der Waals surface area contributed by atoms with Gasteiger partial charge in [0.25, 0.3) is 0 Å². The zero-order valence-corrected chi connectivity index (χ0v) is 16.9. The number of imidazole rings is 1. The van der Waals surface area contributed by atoms with Crippen LogP contribution in [0.25, 0.3) is 0 Å². The number of thiazole rings is 1. The Hall–Kier alpha value is -1.93. The summed E-state index contributed by atoms with van der Waals surface area (Å²) in [6.45, 7) is 4.25. The fourth-order valence-electron chi connectivity index (χ4n) is 3.25. The van der Waals surface area contributed by atoms with Crippen molar-refractivity contribution >= 4 is 23.7 Å². The van der Waals surface area contributed by atoms with Crippen molar-refractivity contribution in [2.45, 2.75) is 19.2 Å². The Labute approximate surface area is 169 Å². The maximum atomic E-state index is 5.80. The highest BCUT2D eigenvalue weighted by Gasteiger charge is 2.27. The molecule has 0 radical (unpaired) electrons. The number of nitrogens with one attached hydrogen (secondary N) is 1. The van der Waals surface area contributed by atoms with Crippen molar-refractivity contribution in [3.8, 4) is 5.75 Å². The first-order valence-electron chi connectivity index (χ1n) is 8.83. The second kappa shape index (κ2) is 9.32. The molecule has 1 saturated heterocycles. The number of piperazine rings is 1. The van der Waals surface area contributed by atoms with Crippen LogP contribution in [-0.2, 0) is 20.2 Å². The van der Waals surface area contributed by atoms with Gasteiger partial charge in [0, 0.05) is 51.0 Å². The summed E-state index contributed by atoms with van der Waals surface area (Å²) >= 11 is 1.66. The molecule has 3 aromatic rings. The van der Waals surface area contributed by atoms with Crippen molar-refractivity contribution in [2.75, 3.05) is 19.6 Å². The van der Waals surface area contributed by atoms with Gasteiger partial charge in [-0.2, -0.15) is 0 Å². The van der Waals surface area contributed by atoms with E-state index >= 15 is 0 Å². The number of hydrogen-bond donors (Lipinski definition) is 1. The average Bonchev–Trinajstić information content (AvgIpc) is 3.30. The summed E-state index contributed by atoms with van der Waals surface area (Å²) in [4.78, 5) is 11.8. The lowest BCUT2D eigenvalue weighted by atomic mass is 10.1. The normalized spacial score (nSPS) is 17.4. The molecule has 2 aromatic heterocycles. The van der Waals surface area contributed by atoms with Crippen LogP contribution in [0.3, 0.4) is 0 Å². The third-order valence-corrected chi connectivity index (χ3v) is 5.45. The largest absolute Gasteiger partial charge is 0.486 e. The molecule has 144 valence electrons. The molecule has 0 bridgehead atoms. The lowest BCUT2D eigenvalue weighted by Gasteiger charge is -2.35. The number of ether oxygens (including phenoxy) is 1. The highest BCUT2D eigenvalue weighted by atomic mass is 35.5. The predicted octanol–water partition coefficient (Wildman–Crippen LogP) is 3.02. The number of benzene rings is 1. The van der Waals surface area contributed by atoms with Gasteiger partial charge in [0.15, 0.2) is 0 Å². The highest BCUT2D eigenvalue weighted by molar-refractivity contribution is 7.09. The molecule has 6 nitrogen and oxygen atoms in total. The van der Waals surface area contributed by atoms with Gasteiger partial charge in [-0.1, -0.05) is 18.2 Å². The van der Waals surface area contributed by atoms with Crippen molar-refractivity contribution in [3.05, 3.63) is 64.6 Å². The lowest BCUT2D eigenvalue weighted by molar-refractivity contribution is 0.143. The van der Waals surface area contributed by atoms with Gasteiger partial charge < -0.3 is 14.6 Å². The van der Waals surface area contributed by atoms with Crippen molar-refractivity contribution < 1.29 is 4.74 Å². The molecule has 0 spiro atoms. The summed E-state index contributed by atoms with van der Waals surface area (Å²) in [7, 11) is 2.05. The van der Waals surface area contributed by atoms with E-state index in [0.29, 0.717) is 6.61 Å². The molecule has 0 aliphatic carbocycles. The molecule has 1 atom stereocenters. The summed E-state index contributed by atoms with van der Waals surface area (Å²) in [5.41, 5.74) is 1.10. The van der Waals surface area contributed by atoms with Crippen LogP contribution in [0.5, 0.6) is 5.75 Å². The van der Waals surface area contributed by atoms with Crippen molar-refractivity contribution in [1.29, 1.82) is 0 Å². The van der Waals surface area contributed by atoms with Gasteiger partial charge >= 0.3 is 0 Å². The lowest BCUT2D eigenvalue weighted by Crippen LogP contribution is -2.46. The summed E-state index contributed by atoms with van der Waals surface area (Å²) in [6.07, 6.45) is 3.87. The molecule has 1 aliphatic rings. The van der Waals surface area contributed by atoms with Crippen LogP contribution in [0.15, 0.2) is 48.1 Å². The van der Waals surface area contributed by atoms with E-state index in [9.17, 15) is 0 Å². The third kappa shape index (κ3) is 4.87. The van der Waals surface area contributed by atoms with E-state index in [-0.39, 0.29) is 18.4 Å². The first-order valence-corrected chi connectivity index (χ1v) is 9.70. The molecule has 0 amide bonds. The van der Waals surface area contributed by atoms with Gasteiger partial charge in [-0.15, -0.1) is 23.7 Å². The van der Waals surface area contributed by atoms with Crippen LogP contribution in [0.4, 0.5) is 0 Å². The number of nitrogens with zero attached hydrogens (tertiary/aromatic N) is 4. The van der Waals surface area contributed by atoms with Gasteiger partial charge in [0.2, 0.25) is 0 Å². The minimum absolute atomic E-state index is 0. The van der Waals surface area contributed by atoms with E-state index in [2.05, 4.69) is 32.2 Å². The van der Waals surface area contributed by atoms with E-state index in [1.165, 1.54) is 0 Å². The molecular formula is C19H24ClN5OS. The maximum absolute atomic E-state index is 5.80. The van der Waals surface area contributed by atoms with E-state index in [1.807, 2.05) is 42.7 Å². The molecule has 1 aromatic carbocycles. The van der Waals surface area contributed by atoms with Crippen molar-refractivity contribution in [1.82, 2.24) is 24.8 Å². The summed E-state index contributed by atoms with van der Waals surface area (Å²) < 4.78 is 7.90. The Morgan fingerprint density at radius 3 is 2.93 bits per heavy atom. The minimum atomic E-state index is 0. The summed E-state index contributed by atoms with van der Waals surface area (Å²) in [6, 6.07) is 10.1. The number of halogens is 1. The summed E-state index contributed by atoms with van der Waals surface area (Å²) in [5.74, 6) is 1.97. The molecule has 0 saturated carbocycles. The van der Waals surface area contributed by atoms with Crippen LogP contribution in [0.1, 0.15) is 22.6 Å². The number of hydrogen-bond acceptors (Lipinski definition) is 6. The minimum Gasteiger partial charge on any atom is -0.486 e. The zero-order chi connectivity index (χ0) is 17.8. The SMILES string of the molecule is Cl.Cn1ccnc1C1CNCCN1Cc1csc(COc2ccccc2)n1. The molecule has 1 aliphatic heterocycles. The Morgan fingerprint density at radius 1 is 1.30 bits per heavy atom. The average molecular weight is 406 g/mol. The first kappa shape index (κ1) is 19.8. The van der Waals surface area contributed by atoms with Gasteiger partial charge in [-0.3, -0.25) is 4.90 Å². The standard InChI is InChI=1S/C19H23N5OS.ClH/c1-23-9-8-21-19(23)17-11-20-7-10-24(17)12-15-14-26-18(22-15)13-25-16-5-3-2-4-6-16;/h2-6,8-9,14,17,20H,7,10-13H2,1H3;1H. The quantitative estimate of drug-likeness (QED) is 0.683. The van der Waals surface area contributed by atoms with Crippen molar-refractivity contribution in [3.63, 3.8) is 0 Å². The predicted molar refractivity (Wildman–Crippen MR) is 109 cm³/mol. The van der Waals surface area contributed by atoms with Crippen LogP contribution in [0, 0.1) is 0 Å². The van der Waals surface area contributed by atoms with E-state index < -0.39 is 0 Å². The monoisotopic (exact) mass is 405 g/mol. The van der Waals surface area contributed by atoms with Crippen LogP contribution < -0.4 is 10.1 Å². The van der Waals surface area contributed by atoms with E-state index in [4.69, 9.17) is 9.72 Å². The second-order valence-electron chi connectivity index (χ2n) is 6.42. The highest BCUT2D eigenvalue weighted by Crippen LogP contribution is 2.23. The molecular weight excluding hydrogens is 382 g/mol. The Bertz CT molecular complexity index is 838. The molecule has 3 heterocycles. The molecule has 4 rings (SSSR count). The number of aromatic nitrogens is 3. The zero-order valence-electron chi connectivity index (χ0n) is 15.2. The van der Waals surface area contributed by atoms with Gasteiger partial charge in [-0.25, -0.2) is 9.97 Å². The Morgan fingerprint density at radius 2 is 2.15 bits per heavy atom. The maximum Gasteiger partial charge on any atom is 0.140 e. The Kier molecular flexibility index (Phi) is 6.84. The van der Waals surface area contributed by atoms with Gasteiger partial charge in [-0.05, 0) is 12.1 Å². The Balaban J connectivity index is 0.00000210. The van der Waals surface area contributed by atoms with Crippen molar-refractivity contribution in [2.24, 2.45) is 7.05 Å².